The van der Waals surface area contributed by atoms with E-state index < -0.39 is 11.9 Å². The van der Waals surface area contributed by atoms with Crippen molar-refractivity contribution in [3.05, 3.63) is 29.3 Å². The molecule has 1 aromatic rings. The number of carbonyl (C=O) groups excluding carboxylic acids is 2. The van der Waals surface area contributed by atoms with Crippen molar-refractivity contribution in [2.75, 3.05) is 0 Å². The highest BCUT2D eigenvalue weighted by Crippen LogP contribution is 2.20. The standard InChI is InChI=1S/C10H9BrO4/c1-6-5-8(10(13)15-11)3-4-9(6)14-7(2)12/h3-5H,1-2H3. The SMILES string of the molecule is CC(=O)Oc1ccc(C(=O)OBr)cc1C. The summed E-state index contributed by atoms with van der Waals surface area (Å²) >= 11 is 2.60. The molecule has 0 N–H and O–H groups in total. The Morgan fingerprint density at radius 2 is 2.00 bits per heavy atom. The van der Waals surface area contributed by atoms with Crippen molar-refractivity contribution in [2.45, 2.75) is 13.8 Å². The van der Waals surface area contributed by atoms with E-state index in [2.05, 4.69) is 20.1 Å². The van der Waals surface area contributed by atoms with Crippen LogP contribution in [0.2, 0.25) is 0 Å². The predicted octanol–water partition coefficient (Wildman–Crippen LogP) is 2.39. The molecule has 80 valence electrons. The Labute approximate surface area is 95.6 Å². The second-order valence-corrected chi connectivity index (χ2v) is 3.26. The number of esters is 1. The van der Waals surface area contributed by atoms with E-state index in [-0.39, 0.29) is 0 Å². The Hall–Kier alpha value is -1.36. The molecule has 4 nitrogen and oxygen atoms in total. The molecule has 0 unspecified atom stereocenters. The van der Waals surface area contributed by atoms with Crippen LogP contribution in [0.25, 0.3) is 0 Å². The lowest BCUT2D eigenvalue weighted by Gasteiger charge is -2.06. The van der Waals surface area contributed by atoms with Crippen molar-refractivity contribution in [2.24, 2.45) is 0 Å². The number of ether oxygens (including phenoxy) is 1. The van der Waals surface area contributed by atoms with E-state index in [0.29, 0.717) is 16.9 Å². The lowest BCUT2D eigenvalue weighted by molar-refractivity contribution is -0.131. The zero-order valence-electron chi connectivity index (χ0n) is 8.24. The van der Waals surface area contributed by atoms with E-state index in [1.54, 1.807) is 19.1 Å². The van der Waals surface area contributed by atoms with Gasteiger partial charge in [0.2, 0.25) is 0 Å². The maximum Gasteiger partial charge on any atom is 0.349 e. The molecular weight excluding hydrogens is 264 g/mol. The first-order chi connectivity index (χ1) is 7.04. The van der Waals surface area contributed by atoms with Gasteiger partial charge < -0.3 is 8.57 Å². The van der Waals surface area contributed by atoms with Crippen LogP contribution in [-0.2, 0) is 8.62 Å². The van der Waals surface area contributed by atoms with Crippen LogP contribution in [0.5, 0.6) is 5.75 Å². The van der Waals surface area contributed by atoms with E-state index in [1.165, 1.54) is 13.0 Å². The highest BCUT2D eigenvalue weighted by molar-refractivity contribution is 9.06. The summed E-state index contributed by atoms with van der Waals surface area (Å²) in [7, 11) is 0. The third kappa shape index (κ3) is 3.06. The topological polar surface area (TPSA) is 52.6 Å². The number of halogens is 1. The number of rotatable bonds is 2. The van der Waals surface area contributed by atoms with Gasteiger partial charge in [-0.1, -0.05) is 0 Å². The largest absolute Gasteiger partial charge is 0.426 e. The summed E-state index contributed by atoms with van der Waals surface area (Å²) in [5.41, 5.74) is 1.08. The molecule has 0 amide bonds. The molecule has 0 aliphatic heterocycles. The van der Waals surface area contributed by atoms with Crippen molar-refractivity contribution < 1.29 is 18.2 Å². The Kier molecular flexibility index (Phi) is 3.85. The average molecular weight is 273 g/mol. The molecule has 0 atom stereocenters. The summed E-state index contributed by atoms with van der Waals surface area (Å²) in [6, 6.07) is 4.66. The summed E-state index contributed by atoms with van der Waals surface area (Å²) in [4.78, 5) is 21.8. The average Bonchev–Trinajstić information content (AvgIpc) is 2.19. The minimum Gasteiger partial charge on any atom is -0.426 e. The van der Waals surface area contributed by atoms with Gasteiger partial charge in [-0.15, -0.1) is 0 Å². The molecule has 1 rings (SSSR count). The van der Waals surface area contributed by atoms with Crippen molar-refractivity contribution >= 4 is 28.2 Å². The minimum atomic E-state index is -0.493. The molecule has 15 heavy (non-hydrogen) atoms. The van der Waals surface area contributed by atoms with Gasteiger partial charge in [0.05, 0.1) is 5.56 Å². The van der Waals surface area contributed by atoms with Gasteiger partial charge in [-0.25, -0.2) is 4.79 Å². The number of benzene rings is 1. The smallest absolute Gasteiger partial charge is 0.349 e. The third-order valence-electron chi connectivity index (χ3n) is 1.73. The van der Waals surface area contributed by atoms with Crippen LogP contribution in [-0.4, -0.2) is 11.9 Å². The monoisotopic (exact) mass is 272 g/mol. The zero-order valence-corrected chi connectivity index (χ0v) is 9.83. The Bertz CT molecular complexity index is 400. The van der Waals surface area contributed by atoms with Crippen LogP contribution in [0.1, 0.15) is 22.8 Å². The fraction of sp³-hybridized carbons (Fsp3) is 0.200. The zero-order chi connectivity index (χ0) is 11.4. The molecule has 0 saturated heterocycles. The normalized spacial score (nSPS) is 9.53. The number of aryl methyl sites for hydroxylation is 1. The van der Waals surface area contributed by atoms with Crippen LogP contribution < -0.4 is 4.74 Å². The minimum absolute atomic E-state index is 0.389. The molecule has 0 heterocycles. The number of hydrogen-bond donors (Lipinski definition) is 0. The molecule has 1 aromatic carbocycles. The molecule has 0 aliphatic rings. The Morgan fingerprint density at radius 3 is 2.47 bits per heavy atom. The summed E-state index contributed by atoms with van der Waals surface area (Å²) in [6.07, 6.45) is 0. The van der Waals surface area contributed by atoms with Gasteiger partial charge in [-0.3, -0.25) is 4.79 Å². The Morgan fingerprint density at radius 1 is 1.33 bits per heavy atom. The van der Waals surface area contributed by atoms with Crippen molar-refractivity contribution in [3.63, 3.8) is 0 Å². The van der Waals surface area contributed by atoms with Gasteiger partial charge in [0.25, 0.3) is 0 Å². The summed E-state index contributed by atoms with van der Waals surface area (Å²) < 4.78 is 9.29. The maximum atomic E-state index is 11.1. The van der Waals surface area contributed by atoms with E-state index in [0.717, 1.165) is 0 Å². The maximum absolute atomic E-state index is 11.1. The van der Waals surface area contributed by atoms with Crippen molar-refractivity contribution in [3.8, 4) is 5.75 Å². The first kappa shape index (κ1) is 11.7. The van der Waals surface area contributed by atoms with E-state index in [4.69, 9.17) is 4.74 Å². The fourth-order valence-corrected chi connectivity index (χ4v) is 1.28. The van der Waals surface area contributed by atoms with Gasteiger partial charge in [0, 0.05) is 6.92 Å². The third-order valence-corrected chi connectivity index (χ3v) is 2.03. The van der Waals surface area contributed by atoms with Crippen LogP contribution in [0.3, 0.4) is 0 Å². The molecule has 5 heteroatoms. The van der Waals surface area contributed by atoms with Gasteiger partial charge in [-0.2, -0.15) is 0 Å². The van der Waals surface area contributed by atoms with E-state index in [1.807, 2.05) is 0 Å². The lowest BCUT2D eigenvalue weighted by atomic mass is 10.1. The first-order valence-electron chi connectivity index (χ1n) is 4.16. The van der Waals surface area contributed by atoms with Gasteiger partial charge >= 0.3 is 11.9 Å². The number of hydrogen-bond acceptors (Lipinski definition) is 4. The van der Waals surface area contributed by atoms with Gasteiger partial charge in [0.15, 0.2) is 16.3 Å². The van der Waals surface area contributed by atoms with Crippen molar-refractivity contribution in [1.29, 1.82) is 0 Å². The molecule has 0 saturated carbocycles. The van der Waals surface area contributed by atoms with Crippen LogP contribution in [0.15, 0.2) is 18.2 Å². The highest BCUT2D eigenvalue weighted by atomic mass is 79.9. The summed E-state index contributed by atoms with van der Waals surface area (Å²) in [6.45, 7) is 3.06. The van der Waals surface area contributed by atoms with Crippen LogP contribution in [0, 0.1) is 6.92 Å². The molecule has 0 spiro atoms. The van der Waals surface area contributed by atoms with E-state index >= 15 is 0 Å². The first-order valence-corrected chi connectivity index (χ1v) is 4.81. The highest BCUT2D eigenvalue weighted by Gasteiger charge is 2.09. The van der Waals surface area contributed by atoms with E-state index in [9.17, 15) is 9.59 Å². The number of carbonyl (C=O) groups is 2. The molecule has 0 aromatic heterocycles. The quantitative estimate of drug-likeness (QED) is 0.613. The van der Waals surface area contributed by atoms with Gasteiger partial charge in [-0.05, 0) is 30.7 Å². The molecule has 0 aliphatic carbocycles. The molecule has 0 fully saturated rings. The van der Waals surface area contributed by atoms with Gasteiger partial charge in [0.1, 0.15) is 5.75 Å². The second-order valence-electron chi connectivity index (χ2n) is 2.94. The lowest BCUT2D eigenvalue weighted by Crippen LogP contribution is -2.04. The molecule has 0 radical (unpaired) electrons. The second kappa shape index (κ2) is 4.93. The summed E-state index contributed by atoms with van der Waals surface area (Å²) in [5.74, 6) is -0.449. The van der Waals surface area contributed by atoms with Crippen LogP contribution in [0.4, 0.5) is 0 Å². The molecular formula is C10H9BrO4. The Balaban J connectivity index is 2.97. The fourth-order valence-electron chi connectivity index (χ4n) is 1.09. The molecule has 0 bridgehead atoms. The predicted molar refractivity (Wildman–Crippen MR) is 56.8 cm³/mol. The van der Waals surface area contributed by atoms with Crippen molar-refractivity contribution in [1.82, 2.24) is 0 Å². The summed E-state index contributed by atoms with van der Waals surface area (Å²) in [5, 5.41) is 0. The van der Waals surface area contributed by atoms with Crippen LogP contribution >= 0.6 is 16.3 Å².